The predicted molar refractivity (Wildman–Crippen MR) is 78.1 cm³/mol. The Balaban J connectivity index is 1.53. The summed E-state index contributed by atoms with van der Waals surface area (Å²) in [4.78, 5) is 11.7. The van der Waals surface area contributed by atoms with Crippen LogP contribution in [-0.4, -0.2) is 17.0 Å². The van der Waals surface area contributed by atoms with Crippen LogP contribution in [0.2, 0.25) is 0 Å². The van der Waals surface area contributed by atoms with Gasteiger partial charge in [-0.15, -0.1) is 0 Å². The molecular weight excluding hydrogens is 248 g/mol. The quantitative estimate of drug-likeness (QED) is 0.734. The number of aliphatic hydroxyl groups is 1. The van der Waals surface area contributed by atoms with E-state index in [-0.39, 0.29) is 11.5 Å². The van der Waals surface area contributed by atoms with Crippen molar-refractivity contribution in [3.63, 3.8) is 0 Å². The van der Waals surface area contributed by atoms with Gasteiger partial charge in [-0.3, -0.25) is 4.79 Å². The topological polar surface area (TPSA) is 37.3 Å². The second-order valence-electron chi connectivity index (χ2n) is 8.53. The molecule has 7 atom stereocenters. The number of rotatable bonds is 0. The molecule has 4 aliphatic carbocycles. The van der Waals surface area contributed by atoms with Gasteiger partial charge in [0, 0.05) is 12.8 Å². The fraction of sp³-hybridized carbons (Fsp3) is 0.944. The molecule has 4 rings (SSSR count). The Morgan fingerprint density at radius 3 is 2.65 bits per heavy atom. The third kappa shape index (κ3) is 1.90. The van der Waals surface area contributed by atoms with Gasteiger partial charge < -0.3 is 5.11 Å². The van der Waals surface area contributed by atoms with Gasteiger partial charge in [0.05, 0.1) is 6.10 Å². The summed E-state index contributed by atoms with van der Waals surface area (Å²) in [5, 5.41) is 10.4. The van der Waals surface area contributed by atoms with Gasteiger partial charge in [-0.1, -0.05) is 6.92 Å². The molecule has 1 N–H and O–H groups in total. The van der Waals surface area contributed by atoms with Crippen LogP contribution in [0.4, 0.5) is 0 Å². The number of hydrogen-bond acceptors (Lipinski definition) is 2. The first-order valence-electron chi connectivity index (χ1n) is 8.76. The molecule has 0 bridgehead atoms. The fourth-order valence-corrected chi connectivity index (χ4v) is 6.34. The number of fused-ring (bicyclic) bond motifs is 3. The maximum absolute atomic E-state index is 11.7. The molecule has 0 amide bonds. The Bertz CT molecular complexity index is 418. The van der Waals surface area contributed by atoms with Crippen LogP contribution in [0.1, 0.15) is 64.7 Å². The summed E-state index contributed by atoms with van der Waals surface area (Å²) < 4.78 is 0. The largest absolute Gasteiger partial charge is 0.393 e. The summed E-state index contributed by atoms with van der Waals surface area (Å²) in [5.74, 6) is 4.46. The molecular formula is C18H28O2. The van der Waals surface area contributed by atoms with Gasteiger partial charge in [-0.25, -0.2) is 0 Å². The lowest BCUT2D eigenvalue weighted by atomic mass is 9.53. The molecule has 2 nitrogen and oxygen atoms in total. The van der Waals surface area contributed by atoms with E-state index in [1.807, 2.05) is 0 Å². The molecule has 0 aliphatic heterocycles. The van der Waals surface area contributed by atoms with Crippen LogP contribution in [0.25, 0.3) is 0 Å². The molecule has 0 unspecified atom stereocenters. The number of carbonyl (C=O) groups excluding carboxylic acids is 1. The smallest absolute Gasteiger partial charge is 0.133 e. The van der Waals surface area contributed by atoms with Crippen molar-refractivity contribution in [1.82, 2.24) is 0 Å². The molecule has 112 valence electrons. The van der Waals surface area contributed by atoms with E-state index in [0.717, 1.165) is 49.4 Å². The Labute approximate surface area is 122 Å². The van der Waals surface area contributed by atoms with Crippen molar-refractivity contribution in [1.29, 1.82) is 0 Å². The summed E-state index contributed by atoms with van der Waals surface area (Å²) in [5.41, 5.74) is 0.207. The van der Waals surface area contributed by atoms with Crippen LogP contribution in [0, 0.1) is 35.0 Å². The number of carbonyl (C=O) groups is 1. The van der Waals surface area contributed by atoms with Gasteiger partial charge in [0.2, 0.25) is 0 Å². The van der Waals surface area contributed by atoms with Crippen molar-refractivity contribution in [2.75, 3.05) is 0 Å². The molecule has 0 spiro atoms. The van der Waals surface area contributed by atoms with Crippen LogP contribution in [0.5, 0.6) is 0 Å². The molecule has 4 saturated carbocycles. The van der Waals surface area contributed by atoms with Gasteiger partial charge in [0.25, 0.3) is 0 Å². The highest BCUT2D eigenvalue weighted by molar-refractivity contribution is 5.79. The van der Waals surface area contributed by atoms with Crippen molar-refractivity contribution in [3.8, 4) is 0 Å². The zero-order valence-corrected chi connectivity index (χ0v) is 12.7. The van der Waals surface area contributed by atoms with Crippen LogP contribution in [-0.2, 0) is 4.79 Å². The highest BCUT2D eigenvalue weighted by atomic mass is 16.3. The molecule has 4 fully saturated rings. The minimum absolute atomic E-state index is 0.0564. The average molecular weight is 276 g/mol. The molecule has 0 aromatic carbocycles. The third-order valence-corrected chi connectivity index (χ3v) is 7.60. The van der Waals surface area contributed by atoms with E-state index in [1.54, 1.807) is 0 Å². The Morgan fingerprint density at radius 1 is 1.00 bits per heavy atom. The van der Waals surface area contributed by atoms with Crippen molar-refractivity contribution in [2.24, 2.45) is 35.0 Å². The lowest BCUT2D eigenvalue weighted by Crippen LogP contribution is -2.46. The third-order valence-electron chi connectivity index (χ3n) is 7.60. The van der Waals surface area contributed by atoms with E-state index in [0.29, 0.717) is 11.7 Å². The van der Waals surface area contributed by atoms with Gasteiger partial charge in [-0.05, 0) is 80.0 Å². The SMILES string of the molecule is C[C@]12C[C@H]3C[C@H]4CCC(=O)C[C@@H]4C[C@@H]3C[C@@H]1CC[C@@H]2O. The summed E-state index contributed by atoms with van der Waals surface area (Å²) in [7, 11) is 0. The van der Waals surface area contributed by atoms with Crippen LogP contribution >= 0.6 is 0 Å². The molecule has 0 aromatic heterocycles. The summed E-state index contributed by atoms with van der Waals surface area (Å²) in [6.45, 7) is 2.35. The fourth-order valence-electron chi connectivity index (χ4n) is 6.34. The van der Waals surface area contributed by atoms with Crippen LogP contribution in [0.3, 0.4) is 0 Å². The average Bonchev–Trinajstić information content (AvgIpc) is 2.70. The van der Waals surface area contributed by atoms with E-state index >= 15 is 0 Å². The van der Waals surface area contributed by atoms with Crippen molar-refractivity contribution in [2.45, 2.75) is 70.8 Å². The minimum Gasteiger partial charge on any atom is -0.393 e. The Kier molecular flexibility index (Phi) is 3.03. The van der Waals surface area contributed by atoms with Gasteiger partial charge >= 0.3 is 0 Å². The molecule has 2 heteroatoms. The van der Waals surface area contributed by atoms with Crippen LogP contribution in [0.15, 0.2) is 0 Å². The monoisotopic (exact) mass is 276 g/mol. The van der Waals surface area contributed by atoms with Gasteiger partial charge in [0.1, 0.15) is 5.78 Å². The van der Waals surface area contributed by atoms with Gasteiger partial charge in [0.15, 0.2) is 0 Å². The molecule has 0 saturated heterocycles. The van der Waals surface area contributed by atoms with Crippen LogP contribution < -0.4 is 0 Å². The van der Waals surface area contributed by atoms with E-state index < -0.39 is 0 Å². The van der Waals surface area contributed by atoms with Gasteiger partial charge in [-0.2, -0.15) is 0 Å². The molecule has 4 aliphatic rings. The molecule has 0 heterocycles. The second kappa shape index (κ2) is 4.56. The summed E-state index contributed by atoms with van der Waals surface area (Å²) in [6.07, 6.45) is 10.3. The molecule has 0 radical (unpaired) electrons. The summed E-state index contributed by atoms with van der Waals surface area (Å²) in [6, 6.07) is 0. The first kappa shape index (κ1) is 13.3. The van der Waals surface area contributed by atoms with E-state index in [9.17, 15) is 9.90 Å². The predicted octanol–water partition coefficient (Wildman–Crippen LogP) is 3.57. The number of aliphatic hydroxyl groups excluding tert-OH is 1. The Hall–Kier alpha value is -0.370. The van der Waals surface area contributed by atoms with E-state index in [4.69, 9.17) is 0 Å². The zero-order chi connectivity index (χ0) is 13.9. The van der Waals surface area contributed by atoms with Crippen molar-refractivity contribution < 1.29 is 9.90 Å². The van der Waals surface area contributed by atoms with Crippen molar-refractivity contribution >= 4 is 5.78 Å². The maximum atomic E-state index is 11.7. The maximum Gasteiger partial charge on any atom is 0.133 e. The molecule has 0 aromatic rings. The normalized spacial score (nSPS) is 55.0. The highest BCUT2D eigenvalue weighted by Gasteiger charge is 2.54. The van der Waals surface area contributed by atoms with E-state index in [1.165, 1.54) is 32.1 Å². The van der Waals surface area contributed by atoms with E-state index in [2.05, 4.69) is 6.92 Å². The minimum atomic E-state index is -0.0564. The second-order valence-corrected chi connectivity index (χ2v) is 8.53. The Morgan fingerprint density at radius 2 is 1.80 bits per heavy atom. The lowest BCUT2D eigenvalue weighted by molar-refractivity contribution is -0.125. The number of hydrogen-bond donors (Lipinski definition) is 1. The zero-order valence-electron chi connectivity index (χ0n) is 12.7. The first-order valence-corrected chi connectivity index (χ1v) is 8.76. The van der Waals surface area contributed by atoms with Crippen molar-refractivity contribution in [3.05, 3.63) is 0 Å². The lowest BCUT2D eigenvalue weighted by Gasteiger charge is -2.52. The highest BCUT2D eigenvalue weighted by Crippen LogP contribution is 2.60. The first-order chi connectivity index (χ1) is 9.56. The number of ketones is 1. The number of Topliss-reactive ketones (excluding diaryl/α,β-unsaturated/α-hetero) is 1. The summed E-state index contributed by atoms with van der Waals surface area (Å²) >= 11 is 0. The molecule has 20 heavy (non-hydrogen) atoms. The standard InChI is InChI=1S/C18H28O2/c1-18-10-14-6-11-2-4-16(19)9-13(11)7-12(14)8-15(18)3-5-17(18)20/h11-15,17,20H,2-10H2,1H3/t11-,12-,13+,14-,15+,17+,18+/m1/s1.